The molecule has 6 heteroatoms. The minimum absolute atomic E-state index is 0.275. The number of benzene rings is 2. The summed E-state index contributed by atoms with van der Waals surface area (Å²) in [4.78, 5) is 17.4. The summed E-state index contributed by atoms with van der Waals surface area (Å²) in [5.74, 6) is -0.932. The van der Waals surface area contributed by atoms with Gasteiger partial charge in [-0.15, -0.1) is 0 Å². The predicted octanol–water partition coefficient (Wildman–Crippen LogP) is 5.84. The Morgan fingerprint density at radius 2 is 2.00 bits per heavy atom. The molecule has 0 bridgehead atoms. The molecule has 2 aromatic carbocycles. The first-order valence-electron chi connectivity index (χ1n) is 8.27. The largest absolute Gasteiger partial charge is 0.478 e. The van der Waals surface area contributed by atoms with Crippen molar-refractivity contribution in [2.24, 2.45) is 0 Å². The van der Waals surface area contributed by atoms with Crippen molar-refractivity contribution in [3.63, 3.8) is 0 Å². The van der Waals surface area contributed by atoms with E-state index in [1.165, 1.54) is 0 Å². The van der Waals surface area contributed by atoms with Gasteiger partial charge < -0.3 is 9.67 Å². The van der Waals surface area contributed by atoms with Crippen molar-refractivity contribution >= 4 is 40.2 Å². The Bertz CT molecular complexity index is 1160. The maximum atomic E-state index is 11.3. The van der Waals surface area contributed by atoms with E-state index in [9.17, 15) is 9.90 Å². The van der Waals surface area contributed by atoms with Crippen LogP contribution in [0, 0.1) is 6.92 Å². The number of halogens is 1. The van der Waals surface area contributed by atoms with Gasteiger partial charge >= 0.3 is 5.97 Å². The van der Waals surface area contributed by atoms with Gasteiger partial charge in [-0.3, -0.25) is 4.98 Å². The van der Waals surface area contributed by atoms with E-state index in [2.05, 4.69) is 9.55 Å². The fraction of sp³-hybridized carbons (Fsp3) is 0.0476. The Morgan fingerprint density at radius 3 is 2.74 bits per heavy atom. The van der Waals surface area contributed by atoms with Crippen LogP contribution >= 0.6 is 23.4 Å². The Kier molecular flexibility index (Phi) is 4.64. The fourth-order valence-electron chi connectivity index (χ4n) is 3.12. The molecule has 27 heavy (non-hydrogen) atoms. The maximum absolute atomic E-state index is 11.3. The molecule has 0 saturated heterocycles. The number of pyridine rings is 1. The second kappa shape index (κ2) is 7.10. The van der Waals surface area contributed by atoms with Gasteiger partial charge in [0.1, 0.15) is 0 Å². The average molecular weight is 395 g/mol. The molecule has 0 aliphatic carbocycles. The number of fused-ring (bicyclic) bond motifs is 1. The Hall–Kier alpha value is -2.76. The second-order valence-electron chi connectivity index (χ2n) is 6.06. The van der Waals surface area contributed by atoms with Gasteiger partial charge in [-0.2, -0.15) is 0 Å². The van der Waals surface area contributed by atoms with Crippen molar-refractivity contribution in [3.05, 3.63) is 83.3 Å². The third-order valence-corrected chi connectivity index (χ3v) is 5.76. The smallest absolute Gasteiger partial charge is 0.335 e. The SMILES string of the molecule is Cc1c(Sc2cccc(C(=O)O)c2)c2ccc(Cl)cc2n1-c1cccnc1. The van der Waals surface area contributed by atoms with Crippen LogP contribution in [0.15, 0.2) is 76.8 Å². The van der Waals surface area contributed by atoms with Gasteiger partial charge in [0.2, 0.25) is 0 Å². The summed E-state index contributed by atoms with van der Waals surface area (Å²) in [5.41, 5.74) is 3.26. The minimum atomic E-state index is -0.932. The van der Waals surface area contributed by atoms with Crippen molar-refractivity contribution in [1.29, 1.82) is 0 Å². The maximum Gasteiger partial charge on any atom is 0.335 e. The summed E-state index contributed by atoms with van der Waals surface area (Å²) < 4.78 is 2.12. The van der Waals surface area contributed by atoms with Crippen LogP contribution in [-0.2, 0) is 0 Å². The number of hydrogen-bond donors (Lipinski definition) is 1. The molecule has 0 amide bonds. The monoisotopic (exact) mass is 394 g/mol. The van der Waals surface area contributed by atoms with Crippen molar-refractivity contribution < 1.29 is 9.90 Å². The summed E-state index contributed by atoms with van der Waals surface area (Å²) in [7, 11) is 0. The van der Waals surface area contributed by atoms with E-state index in [1.54, 1.807) is 36.2 Å². The molecule has 0 unspecified atom stereocenters. The Labute approximate surface area is 165 Å². The van der Waals surface area contributed by atoms with Crippen molar-refractivity contribution in [2.45, 2.75) is 16.7 Å². The predicted molar refractivity (Wildman–Crippen MR) is 108 cm³/mol. The molecule has 0 fully saturated rings. The van der Waals surface area contributed by atoms with Crippen LogP contribution in [0.5, 0.6) is 0 Å². The van der Waals surface area contributed by atoms with Gasteiger partial charge in [-0.05, 0) is 49.4 Å². The molecule has 0 radical (unpaired) electrons. The molecular formula is C21H15ClN2O2S. The molecule has 4 aromatic rings. The standard InChI is InChI=1S/C21H15ClN2O2S/c1-13-20(27-17-6-2-4-14(10-17)21(25)26)18-8-7-15(22)11-19(18)24(13)16-5-3-9-23-12-16/h2-12H,1H3,(H,25,26). The molecule has 0 saturated carbocycles. The first kappa shape index (κ1) is 17.6. The van der Waals surface area contributed by atoms with E-state index in [1.807, 2.05) is 49.5 Å². The molecule has 4 nitrogen and oxygen atoms in total. The van der Waals surface area contributed by atoms with Crippen molar-refractivity contribution in [3.8, 4) is 5.69 Å². The zero-order valence-electron chi connectivity index (χ0n) is 14.4. The van der Waals surface area contributed by atoms with E-state index in [-0.39, 0.29) is 5.56 Å². The number of aromatic nitrogens is 2. The quantitative estimate of drug-likeness (QED) is 0.472. The fourth-order valence-corrected chi connectivity index (χ4v) is 4.37. The number of carbonyl (C=O) groups is 1. The molecule has 0 aliphatic heterocycles. The van der Waals surface area contributed by atoms with Gasteiger partial charge in [0.15, 0.2) is 0 Å². The van der Waals surface area contributed by atoms with Crippen LogP contribution in [0.25, 0.3) is 16.6 Å². The summed E-state index contributed by atoms with van der Waals surface area (Å²) in [6.07, 6.45) is 3.55. The zero-order valence-corrected chi connectivity index (χ0v) is 16.0. The van der Waals surface area contributed by atoms with Crippen molar-refractivity contribution in [2.75, 3.05) is 0 Å². The van der Waals surface area contributed by atoms with Gasteiger partial charge in [0.25, 0.3) is 0 Å². The first-order valence-corrected chi connectivity index (χ1v) is 9.46. The zero-order chi connectivity index (χ0) is 19.0. The molecule has 134 valence electrons. The summed E-state index contributed by atoms with van der Waals surface area (Å²) in [6, 6.07) is 16.7. The molecule has 0 atom stereocenters. The van der Waals surface area contributed by atoms with Crippen LogP contribution in [0.2, 0.25) is 5.02 Å². The van der Waals surface area contributed by atoms with Crippen LogP contribution in [0.4, 0.5) is 0 Å². The van der Waals surface area contributed by atoms with E-state index >= 15 is 0 Å². The average Bonchev–Trinajstić information content (AvgIpc) is 2.93. The third-order valence-electron chi connectivity index (χ3n) is 4.31. The highest BCUT2D eigenvalue weighted by molar-refractivity contribution is 7.99. The van der Waals surface area contributed by atoms with E-state index < -0.39 is 5.97 Å². The lowest BCUT2D eigenvalue weighted by Crippen LogP contribution is -1.97. The Balaban J connectivity index is 1.90. The lowest BCUT2D eigenvalue weighted by Gasteiger charge is -2.08. The van der Waals surface area contributed by atoms with E-state index in [0.717, 1.165) is 32.1 Å². The van der Waals surface area contributed by atoms with Gasteiger partial charge in [0.05, 0.1) is 23.0 Å². The highest BCUT2D eigenvalue weighted by Gasteiger charge is 2.17. The molecule has 0 aliphatic rings. The first-order chi connectivity index (χ1) is 13.0. The molecule has 1 N–H and O–H groups in total. The Morgan fingerprint density at radius 1 is 1.15 bits per heavy atom. The summed E-state index contributed by atoms with van der Waals surface area (Å²) >= 11 is 7.80. The van der Waals surface area contributed by atoms with E-state index in [4.69, 9.17) is 11.6 Å². The van der Waals surface area contributed by atoms with Gasteiger partial charge in [0, 0.05) is 32.1 Å². The van der Waals surface area contributed by atoms with Gasteiger partial charge in [-0.1, -0.05) is 35.5 Å². The number of hydrogen-bond acceptors (Lipinski definition) is 3. The number of carboxylic acid groups (broad SMARTS) is 1. The molecule has 0 spiro atoms. The minimum Gasteiger partial charge on any atom is -0.478 e. The highest BCUT2D eigenvalue weighted by atomic mass is 35.5. The third kappa shape index (κ3) is 3.31. The summed E-state index contributed by atoms with van der Waals surface area (Å²) in [6.45, 7) is 2.05. The van der Waals surface area contributed by atoms with Crippen LogP contribution < -0.4 is 0 Å². The van der Waals surface area contributed by atoms with Gasteiger partial charge in [-0.25, -0.2) is 4.79 Å². The topological polar surface area (TPSA) is 55.1 Å². The van der Waals surface area contributed by atoms with Crippen LogP contribution in [0.1, 0.15) is 16.1 Å². The number of rotatable bonds is 4. The number of nitrogens with zero attached hydrogens (tertiary/aromatic N) is 2. The molecule has 2 heterocycles. The lowest BCUT2D eigenvalue weighted by atomic mass is 10.2. The normalized spacial score (nSPS) is 11.0. The molecule has 2 aromatic heterocycles. The second-order valence-corrected chi connectivity index (χ2v) is 7.58. The molecule has 4 rings (SSSR count). The summed E-state index contributed by atoms with van der Waals surface area (Å²) in [5, 5.41) is 11.0. The highest BCUT2D eigenvalue weighted by Crippen LogP contribution is 2.40. The molecular weight excluding hydrogens is 380 g/mol. The van der Waals surface area contributed by atoms with Crippen LogP contribution in [0.3, 0.4) is 0 Å². The van der Waals surface area contributed by atoms with Crippen molar-refractivity contribution in [1.82, 2.24) is 9.55 Å². The van der Waals surface area contributed by atoms with E-state index in [0.29, 0.717) is 5.02 Å². The lowest BCUT2D eigenvalue weighted by molar-refractivity contribution is 0.0696. The van der Waals surface area contributed by atoms with Crippen LogP contribution in [-0.4, -0.2) is 20.6 Å². The number of aromatic carboxylic acids is 1. The number of carboxylic acids is 1.